The van der Waals surface area contributed by atoms with Gasteiger partial charge in [0.25, 0.3) is 5.91 Å². The predicted molar refractivity (Wildman–Crippen MR) is 83.3 cm³/mol. The van der Waals surface area contributed by atoms with Crippen LogP contribution >= 0.6 is 0 Å². The highest BCUT2D eigenvalue weighted by Crippen LogP contribution is 2.25. The first-order valence-electron chi connectivity index (χ1n) is 6.67. The van der Waals surface area contributed by atoms with Gasteiger partial charge < -0.3 is 14.8 Å². The van der Waals surface area contributed by atoms with Crippen LogP contribution in [0.3, 0.4) is 0 Å². The Morgan fingerprint density at radius 2 is 1.86 bits per heavy atom. The molecule has 0 saturated carbocycles. The number of hydrogen-bond acceptors (Lipinski definition) is 4. The molecule has 1 amide bonds. The molecule has 5 nitrogen and oxygen atoms in total. The number of ether oxygens (including phenoxy) is 2. The van der Waals surface area contributed by atoms with Gasteiger partial charge in [0.2, 0.25) is 0 Å². The summed E-state index contributed by atoms with van der Waals surface area (Å²) in [6.45, 7) is 0. The molecule has 0 saturated heterocycles. The van der Waals surface area contributed by atoms with Crippen molar-refractivity contribution < 1.29 is 14.3 Å². The molecule has 5 heteroatoms. The Morgan fingerprint density at radius 1 is 1.14 bits per heavy atom. The van der Waals surface area contributed by atoms with Gasteiger partial charge in [-0.3, -0.25) is 4.79 Å². The maximum absolute atomic E-state index is 12.4. The molecular formula is C17H16N2O3. The fourth-order valence-electron chi connectivity index (χ4n) is 1.99. The van der Waals surface area contributed by atoms with Crippen molar-refractivity contribution in [1.29, 1.82) is 5.26 Å². The van der Waals surface area contributed by atoms with Gasteiger partial charge in [-0.2, -0.15) is 5.26 Å². The Hall–Kier alpha value is -3.00. The number of nitrogens with zero attached hydrogens (tertiary/aromatic N) is 1. The molecule has 0 aliphatic carbocycles. The van der Waals surface area contributed by atoms with Crippen LogP contribution in [0.25, 0.3) is 0 Å². The van der Waals surface area contributed by atoms with Crippen molar-refractivity contribution in [3.63, 3.8) is 0 Å². The molecule has 0 radical (unpaired) electrons. The third kappa shape index (κ3) is 3.55. The zero-order valence-electron chi connectivity index (χ0n) is 12.4. The molecule has 0 atom stereocenters. The molecule has 2 rings (SSSR count). The van der Waals surface area contributed by atoms with E-state index in [0.717, 1.165) is 5.56 Å². The summed E-state index contributed by atoms with van der Waals surface area (Å²) in [5.41, 5.74) is 1.94. The molecule has 0 heterocycles. The standard InChI is InChI=1S/C17H16N2O3/c1-21-14-7-8-16(22-2)15(11-14)17(20)19-13-5-3-12(4-6-13)9-10-18/h3-8,11H,9H2,1-2H3,(H,19,20). The Kier molecular flexibility index (Phi) is 4.99. The van der Waals surface area contributed by atoms with Crippen LogP contribution < -0.4 is 14.8 Å². The number of amides is 1. The Labute approximate surface area is 129 Å². The summed E-state index contributed by atoms with van der Waals surface area (Å²) in [7, 11) is 3.05. The predicted octanol–water partition coefficient (Wildman–Crippen LogP) is 3.02. The van der Waals surface area contributed by atoms with Gasteiger partial charge in [0, 0.05) is 5.69 Å². The van der Waals surface area contributed by atoms with E-state index in [2.05, 4.69) is 11.4 Å². The molecule has 0 aromatic heterocycles. The van der Waals surface area contributed by atoms with Crippen molar-refractivity contribution in [1.82, 2.24) is 0 Å². The fraction of sp³-hybridized carbons (Fsp3) is 0.176. The summed E-state index contributed by atoms with van der Waals surface area (Å²) in [5.74, 6) is 0.763. The van der Waals surface area contributed by atoms with Crippen molar-refractivity contribution in [2.75, 3.05) is 19.5 Å². The molecule has 0 aliphatic heterocycles. The summed E-state index contributed by atoms with van der Waals surface area (Å²) in [6.07, 6.45) is 0.345. The van der Waals surface area contributed by atoms with Crippen LogP contribution in [0.5, 0.6) is 11.5 Å². The average Bonchev–Trinajstić information content (AvgIpc) is 2.56. The SMILES string of the molecule is COc1ccc(OC)c(C(=O)Nc2ccc(CC#N)cc2)c1. The zero-order chi connectivity index (χ0) is 15.9. The van der Waals surface area contributed by atoms with Gasteiger partial charge in [-0.25, -0.2) is 0 Å². The molecule has 0 spiro atoms. The van der Waals surface area contributed by atoms with Crippen LogP contribution in [0.1, 0.15) is 15.9 Å². The molecule has 0 aliphatic rings. The highest BCUT2D eigenvalue weighted by molar-refractivity contribution is 6.06. The van der Waals surface area contributed by atoms with Crippen molar-refractivity contribution in [3.05, 3.63) is 53.6 Å². The molecule has 2 aromatic carbocycles. The lowest BCUT2D eigenvalue weighted by molar-refractivity contribution is 0.102. The van der Waals surface area contributed by atoms with E-state index in [9.17, 15) is 4.79 Å². The van der Waals surface area contributed by atoms with Gasteiger partial charge in [-0.1, -0.05) is 12.1 Å². The summed E-state index contributed by atoms with van der Waals surface area (Å²) in [6, 6.07) is 14.3. The minimum Gasteiger partial charge on any atom is -0.497 e. The maximum atomic E-state index is 12.4. The molecule has 0 bridgehead atoms. The van der Waals surface area contributed by atoms with Crippen LogP contribution in [-0.2, 0) is 6.42 Å². The molecular weight excluding hydrogens is 280 g/mol. The molecule has 1 N–H and O–H groups in total. The number of hydrogen-bond donors (Lipinski definition) is 1. The zero-order valence-corrected chi connectivity index (χ0v) is 12.4. The van der Waals surface area contributed by atoms with Crippen molar-refractivity contribution >= 4 is 11.6 Å². The molecule has 0 fully saturated rings. The number of methoxy groups -OCH3 is 2. The second kappa shape index (κ2) is 7.14. The lowest BCUT2D eigenvalue weighted by Crippen LogP contribution is -2.13. The second-order valence-electron chi connectivity index (χ2n) is 4.55. The van der Waals surface area contributed by atoms with Crippen molar-refractivity contribution in [2.45, 2.75) is 6.42 Å². The van der Waals surface area contributed by atoms with Crippen LogP contribution in [0.2, 0.25) is 0 Å². The first kappa shape index (κ1) is 15.4. The van der Waals surface area contributed by atoms with Gasteiger partial charge in [-0.15, -0.1) is 0 Å². The maximum Gasteiger partial charge on any atom is 0.259 e. The van der Waals surface area contributed by atoms with E-state index in [4.69, 9.17) is 14.7 Å². The number of benzene rings is 2. The fourth-order valence-corrected chi connectivity index (χ4v) is 1.99. The van der Waals surface area contributed by atoms with E-state index in [-0.39, 0.29) is 5.91 Å². The van der Waals surface area contributed by atoms with E-state index in [1.807, 2.05) is 12.1 Å². The Balaban J connectivity index is 2.19. The lowest BCUT2D eigenvalue weighted by atomic mass is 10.1. The first-order chi connectivity index (χ1) is 10.7. The van der Waals surface area contributed by atoms with Crippen LogP contribution in [-0.4, -0.2) is 20.1 Å². The van der Waals surface area contributed by atoms with Gasteiger partial charge >= 0.3 is 0 Å². The Morgan fingerprint density at radius 3 is 2.45 bits per heavy atom. The average molecular weight is 296 g/mol. The summed E-state index contributed by atoms with van der Waals surface area (Å²) in [5, 5.41) is 11.4. The Bertz CT molecular complexity index is 703. The molecule has 0 unspecified atom stereocenters. The first-order valence-corrected chi connectivity index (χ1v) is 6.67. The minimum atomic E-state index is -0.288. The van der Waals surface area contributed by atoms with Crippen LogP contribution in [0.4, 0.5) is 5.69 Å². The van der Waals surface area contributed by atoms with Crippen LogP contribution in [0.15, 0.2) is 42.5 Å². The number of carbonyl (C=O) groups is 1. The van der Waals surface area contributed by atoms with Gasteiger partial charge in [-0.05, 0) is 35.9 Å². The second-order valence-corrected chi connectivity index (χ2v) is 4.55. The smallest absolute Gasteiger partial charge is 0.259 e. The van der Waals surface area contributed by atoms with E-state index >= 15 is 0 Å². The highest BCUT2D eigenvalue weighted by Gasteiger charge is 2.13. The number of nitrogens with one attached hydrogen (secondary N) is 1. The normalized spacial score (nSPS) is 9.68. The molecule has 112 valence electrons. The van der Waals surface area contributed by atoms with Gasteiger partial charge in [0.05, 0.1) is 32.3 Å². The number of nitriles is 1. The summed E-state index contributed by atoms with van der Waals surface area (Å²) in [4.78, 5) is 12.4. The van der Waals surface area contributed by atoms with Crippen molar-refractivity contribution in [2.24, 2.45) is 0 Å². The van der Waals surface area contributed by atoms with Gasteiger partial charge in [0.15, 0.2) is 0 Å². The van der Waals surface area contributed by atoms with E-state index in [0.29, 0.717) is 29.2 Å². The van der Waals surface area contributed by atoms with E-state index in [1.54, 1.807) is 30.3 Å². The highest BCUT2D eigenvalue weighted by atomic mass is 16.5. The third-order valence-corrected chi connectivity index (χ3v) is 3.15. The number of rotatable bonds is 5. The number of carbonyl (C=O) groups excluding carboxylic acids is 1. The van der Waals surface area contributed by atoms with Crippen molar-refractivity contribution in [3.8, 4) is 17.6 Å². The molecule has 22 heavy (non-hydrogen) atoms. The molecule has 2 aromatic rings. The monoisotopic (exact) mass is 296 g/mol. The minimum absolute atomic E-state index is 0.288. The summed E-state index contributed by atoms with van der Waals surface area (Å²) < 4.78 is 10.3. The van der Waals surface area contributed by atoms with Gasteiger partial charge in [0.1, 0.15) is 11.5 Å². The third-order valence-electron chi connectivity index (χ3n) is 3.15. The van der Waals surface area contributed by atoms with Crippen LogP contribution in [0, 0.1) is 11.3 Å². The van der Waals surface area contributed by atoms with E-state index < -0.39 is 0 Å². The number of anilines is 1. The lowest BCUT2D eigenvalue weighted by Gasteiger charge is -2.11. The largest absolute Gasteiger partial charge is 0.497 e. The topological polar surface area (TPSA) is 71.3 Å². The quantitative estimate of drug-likeness (QED) is 0.920. The summed E-state index contributed by atoms with van der Waals surface area (Å²) >= 11 is 0. The van der Waals surface area contributed by atoms with E-state index in [1.165, 1.54) is 14.2 Å².